The van der Waals surface area contributed by atoms with Crippen LogP contribution >= 0.6 is 0 Å². The summed E-state index contributed by atoms with van der Waals surface area (Å²) in [6.45, 7) is 13.7. The van der Waals surface area contributed by atoms with Crippen molar-refractivity contribution in [1.29, 1.82) is 0 Å². The van der Waals surface area contributed by atoms with E-state index in [0.717, 1.165) is 75.5 Å². The van der Waals surface area contributed by atoms with Crippen LogP contribution in [0.5, 0.6) is 0 Å². The Balaban J connectivity index is 4.23. The minimum atomic E-state index is -0.763. The van der Waals surface area contributed by atoms with Gasteiger partial charge in [0.2, 0.25) is 0 Å². The number of hydrogen-bond acceptors (Lipinski definition) is 6. The minimum Gasteiger partial charge on any atom is -0.462 e. The number of unbranched alkanes of at least 4 members (excludes halogenated alkanes) is 34. The van der Waals surface area contributed by atoms with E-state index >= 15 is 0 Å². The van der Waals surface area contributed by atoms with E-state index in [-0.39, 0.29) is 31.1 Å². The van der Waals surface area contributed by atoms with Gasteiger partial charge in [0.25, 0.3) is 0 Å². The predicted octanol–water partition coefficient (Wildman–Crippen LogP) is 18.7. The van der Waals surface area contributed by atoms with Crippen LogP contribution in [0.1, 0.15) is 318 Å². The van der Waals surface area contributed by atoms with Crippen molar-refractivity contribution in [1.82, 2.24) is 0 Å². The molecule has 0 aromatic rings. The summed E-state index contributed by atoms with van der Waals surface area (Å²) < 4.78 is 16.9. The minimum absolute atomic E-state index is 0.0643. The van der Waals surface area contributed by atoms with Gasteiger partial charge in [-0.3, -0.25) is 14.4 Å². The molecule has 0 spiro atoms. The van der Waals surface area contributed by atoms with Crippen LogP contribution in [0, 0.1) is 17.8 Å². The van der Waals surface area contributed by atoms with E-state index in [1.165, 1.54) is 199 Å². The van der Waals surface area contributed by atoms with Crippen molar-refractivity contribution in [2.24, 2.45) is 17.8 Å². The summed E-state index contributed by atoms with van der Waals surface area (Å²) in [6, 6.07) is 0. The Morgan fingerprint density at radius 3 is 0.672 bits per heavy atom. The van der Waals surface area contributed by atoms with Crippen LogP contribution in [0.15, 0.2) is 0 Å². The molecule has 6 nitrogen and oxygen atoms in total. The quantitative estimate of drug-likeness (QED) is 0.0344. The Morgan fingerprint density at radius 2 is 0.453 bits per heavy atom. The van der Waals surface area contributed by atoms with Gasteiger partial charge in [-0.25, -0.2) is 0 Å². The Bertz CT molecular complexity index is 991. The normalized spacial score (nSPS) is 12.1. The topological polar surface area (TPSA) is 78.9 Å². The van der Waals surface area contributed by atoms with Crippen LogP contribution in [-0.4, -0.2) is 37.2 Å². The molecular weight excluding hydrogens is 793 g/mol. The van der Waals surface area contributed by atoms with E-state index in [4.69, 9.17) is 14.2 Å². The summed E-state index contributed by atoms with van der Waals surface area (Å²) in [4.78, 5) is 38.0. The Morgan fingerprint density at radius 1 is 0.266 bits per heavy atom. The van der Waals surface area contributed by atoms with Crippen LogP contribution in [-0.2, 0) is 28.6 Å². The zero-order valence-electron chi connectivity index (χ0n) is 44.1. The Labute approximate surface area is 399 Å². The fourth-order valence-electron chi connectivity index (χ4n) is 8.82. The van der Waals surface area contributed by atoms with Crippen molar-refractivity contribution in [3.63, 3.8) is 0 Å². The van der Waals surface area contributed by atoms with Gasteiger partial charge in [0.1, 0.15) is 13.2 Å². The highest BCUT2D eigenvalue weighted by molar-refractivity contribution is 5.71. The number of rotatable bonds is 51. The van der Waals surface area contributed by atoms with Gasteiger partial charge in [-0.15, -0.1) is 0 Å². The standard InChI is InChI=1S/C58H112O6/c1-52(2)44-38-32-26-21-17-13-11-9-7-8-10-12-14-20-24-30-37-43-49-58(61)64-55(51-63-57(60)48-42-36-31-25-28-34-40-46-54(5)6)50-62-56(59)47-41-35-29-23-19-16-15-18-22-27-33-39-45-53(3)4/h52-55H,7-51H2,1-6H3/t55-/m0/s1. The molecule has 0 fully saturated rings. The molecule has 0 amide bonds. The summed E-state index contributed by atoms with van der Waals surface area (Å²) >= 11 is 0. The third kappa shape index (κ3) is 51.4. The van der Waals surface area contributed by atoms with Crippen molar-refractivity contribution in [3.05, 3.63) is 0 Å². The first-order valence-electron chi connectivity index (χ1n) is 28.6. The first kappa shape index (κ1) is 62.4. The van der Waals surface area contributed by atoms with Crippen LogP contribution < -0.4 is 0 Å². The highest BCUT2D eigenvalue weighted by Crippen LogP contribution is 2.18. The zero-order valence-corrected chi connectivity index (χ0v) is 44.1. The van der Waals surface area contributed by atoms with Crippen molar-refractivity contribution in [2.45, 2.75) is 324 Å². The molecule has 0 saturated heterocycles. The highest BCUT2D eigenvalue weighted by Gasteiger charge is 2.19. The average Bonchev–Trinajstić information content (AvgIpc) is 3.25. The molecule has 380 valence electrons. The van der Waals surface area contributed by atoms with E-state index in [0.29, 0.717) is 19.3 Å². The molecular formula is C58H112O6. The monoisotopic (exact) mass is 905 g/mol. The van der Waals surface area contributed by atoms with Crippen LogP contribution in [0.4, 0.5) is 0 Å². The molecule has 0 aliphatic heterocycles. The van der Waals surface area contributed by atoms with Gasteiger partial charge in [-0.2, -0.15) is 0 Å². The van der Waals surface area contributed by atoms with Crippen molar-refractivity contribution in [3.8, 4) is 0 Å². The van der Waals surface area contributed by atoms with Gasteiger partial charge in [-0.1, -0.05) is 279 Å². The number of ether oxygens (including phenoxy) is 3. The number of carbonyl (C=O) groups excluding carboxylic acids is 3. The molecule has 0 aliphatic carbocycles. The molecule has 0 bridgehead atoms. The van der Waals surface area contributed by atoms with Crippen LogP contribution in [0.25, 0.3) is 0 Å². The molecule has 0 rings (SSSR count). The summed E-state index contributed by atoms with van der Waals surface area (Å²) in [7, 11) is 0. The molecule has 0 aliphatic rings. The van der Waals surface area contributed by atoms with Gasteiger partial charge in [0.05, 0.1) is 0 Å². The van der Waals surface area contributed by atoms with Gasteiger partial charge < -0.3 is 14.2 Å². The van der Waals surface area contributed by atoms with E-state index in [2.05, 4.69) is 41.5 Å². The molecule has 0 unspecified atom stereocenters. The Hall–Kier alpha value is -1.59. The summed E-state index contributed by atoms with van der Waals surface area (Å²) in [5.74, 6) is 1.63. The molecule has 0 heterocycles. The molecule has 64 heavy (non-hydrogen) atoms. The lowest BCUT2D eigenvalue weighted by Crippen LogP contribution is -2.30. The highest BCUT2D eigenvalue weighted by atomic mass is 16.6. The average molecular weight is 906 g/mol. The molecule has 0 aromatic heterocycles. The second kappa shape index (κ2) is 49.3. The molecule has 0 aromatic carbocycles. The molecule has 0 radical (unpaired) electrons. The van der Waals surface area contributed by atoms with Crippen molar-refractivity contribution < 1.29 is 28.6 Å². The summed E-state index contributed by atoms with van der Waals surface area (Å²) in [5, 5.41) is 0. The first-order chi connectivity index (χ1) is 31.1. The van der Waals surface area contributed by atoms with E-state index in [1.807, 2.05) is 0 Å². The fourth-order valence-corrected chi connectivity index (χ4v) is 8.82. The second-order valence-corrected chi connectivity index (χ2v) is 21.4. The SMILES string of the molecule is CC(C)CCCCCCCCCCCCCCCCCCCCC(=O)O[C@@H](COC(=O)CCCCCCCCCCCCCCC(C)C)COC(=O)CCCCCCCCCC(C)C. The number of esters is 3. The summed E-state index contributed by atoms with van der Waals surface area (Å²) in [6.07, 6.45) is 51.1. The van der Waals surface area contributed by atoms with E-state index in [1.54, 1.807) is 0 Å². The third-order valence-electron chi connectivity index (χ3n) is 13.1. The molecule has 0 N–H and O–H groups in total. The maximum atomic E-state index is 12.8. The van der Waals surface area contributed by atoms with Gasteiger partial charge in [-0.05, 0) is 37.0 Å². The lowest BCUT2D eigenvalue weighted by molar-refractivity contribution is -0.167. The van der Waals surface area contributed by atoms with Crippen molar-refractivity contribution in [2.75, 3.05) is 13.2 Å². The first-order valence-corrected chi connectivity index (χ1v) is 28.6. The third-order valence-corrected chi connectivity index (χ3v) is 13.1. The van der Waals surface area contributed by atoms with Crippen LogP contribution in [0.3, 0.4) is 0 Å². The van der Waals surface area contributed by atoms with Gasteiger partial charge in [0.15, 0.2) is 6.10 Å². The fraction of sp³-hybridized carbons (Fsp3) is 0.948. The zero-order chi connectivity index (χ0) is 47.0. The number of carbonyl (C=O) groups is 3. The van der Waals surface area contributed by atoms with Gasteiger partial charge >= 0.3 is 17.9 Å². The largest absolute Gasteiger partial charge is 0.462 e. The van der Waals surface area contributed by atoms with E-state index < -0.39 is 6.10 Å². The smallest absolute Gasteiger partial charge is 0.306 e. The molecule has 6 heteroatoms. The second-order valence-electron chi connectivity index (χ2n) is 21.4. The predicted molar refractivity (Wildman–Crippen MR) is 275 cm³/mol. The van der Waals surface area contributed by atoms with E-state index in [9.17, 15) is 14.4 Å². The maximum Gasteiger partial charge on any atom is 0.306 e. The lowest BCUT2D eigenvalue weighted by atomic mass is 10.0. The van der Waals surface area contributed by atoms with Crippen molar-refractivity contribution >= 4 is 17.9 Å². The molecule has 0 saturated carbocycles. The maximum absolute atomic E-state index is 12.8. The van der Waals surface area contributed by atoms with Gasteiger partial charge in [0, 0.05) is 19.3 Å². The molecule has 1 atom stereocenters. The van der Waals surface area contributed by atoms with Crippen LogP contribution in [0.2, 0.25) is 0 Å². The lowest BCUT2D eigenvalue weighted by Gasteiger charge is -2.18. The Kier molecular flexibility index (Phi) is 48.1. The number of hydrogen-bond donors (Lipinski definition) is 0. The summed E-state index contributed by atoms with van der Waals surface area (Å²) in [5.41, 5.74) is 0.